The van der Waals surface area contributed by atoms with Crippen LogP contribution in [0.5, 0.6) is 0 Å². The minimum atomic E-state index is -3.78. The van der Waals surface area contributed by atoms with E-state index in [0.717, 1.165) is 10.8 Å². The van der Waals surface area contributed by atoms with Crippen LogP contribution in [0, 0.1) is 0 Å². The van der Waals surface area contributed by atoms with E-state index in [1.807, 2.05) is 0 Å². The fourth-order valence-corrected chi connectivity index (χ4v) is 4.04. The normalized spacial score (nSPS) is 13.3. The topological polar surface area (TPSA) is 109 Å². The lowest BCUT2D eigenvalue weighted by Crippen LogP contribution is -2.46. The molecule has 1 heterocycles. The van der Waals surface area contributed by atoms with E-state index in [1.165, 1.54) is 11.0 Å². The highest BCUT2D eigenvalue weighted by Crippen LogP contribution is 2.18. The average molecular weight is 424 g/mol. The number of hydrogen-bond acceptors (Lipinski definition) is 6. The number of fused-ring (bicyclic) bond motifs is 1. The zero-order valence-electron chi connectivity index (χ0n) is 17.3. The highest BCUT2D eigenvalue weighted by Gasteiger charge is 2.25. The third-order valence-corrected chi connectivity index (χ3v) is 5.60. The number of carbonyl (C=O) groups excluding carboxylic acids is 1. The quantitative estimate of drug-likeness (QED) is 0.675. The van der Waals surface area contributed by atoms with Crippen molar-refractivity contribution in [3.63, 3.8) is 0 Å². The zero-order chi connectivity index (χ0) is 21.7. The highest BCUT2D eigenvalue weighted by molar-refractivity contribution is 7.89. The van der Waals surface area contributed by atoms with E-state index in [4.69, 9.17) is 9.84 Å². The minimum absolute atomic E-state index is 0.0780. The molecule has 0 aliphatic heterocycles. The third kappa shape index (κ3) is 6.95. The van der Waals surface area contributed by atoms with E-state index in [-0.39, 0.29) is 24.6 Å². The smallest absolute Gasteiger partial charge is 0.410 e. The maximum atomic E-state index is 12.8. The van der Waals surface area contributed by atoms with Gasteiger partial charge in [0, 0.05) is 43.5 Å². The number of amides is 1. The molecule has 0 aliphatic rings. The summed E-state index contributed by atoms with van der Waals surface area (Å²) in [6, 6.07) is 6.01. The summed E-state index contributed by atoms with van der Waals surface area (Å²) < 4.78 is 33.5. The van der Waals surface area contributed by atoms with Crippen LogP contribution in [0.25, 0.3) is 10.8 Å². The Labute approximate surface area is 171 Å². The molecule has 2 rings (SSSR count). The number of nitrogens with one attached hydrogen (secondary N) is 1. The maximum absolute atomic E-state index is 12.8. The predicted molar refractivity (Wildman–Crippen MR) is 111 cm³/mol. The number of rotatable bonds is 8. The van der Waals surface area contributed by atoms with Gasteiger partial charge in [-0.15, -0.1) is 0 Å². The Morgan fingerprint density at radius 1 is 1.28 bits per heavy atom. The van der Waals surface area contributed by atoms with Gasteiger partial charge < -0.3 is 14.7 Å². The van der Waals surface area contributed by atoms with Crippen molar-refractivity contribution in [2.24, 2.45) is 0 Å². The Morgan fingerprint density at radius 2 is 2.00 bits per heavy atom. The van der Waals surface area contributed by atoms with Gasteiger partial charge in [0.05, 0.1) is 4.90 Å². The molecule has 0 bridgehead atoms. The van der Waals surface area contributed by atoms with E-state index in [9.17, 15) is 13.2 Å². The summed E-state index contributed by atoms with van der Waals surface area (Å²) in [5.74, 6) is 0. The molecule has 9 heteroatoms. The molecule has 1 atom stereocenters. The number of carbonyl (C=O) groups is 1. The van der Waals surface area contributed by atoms with Gasteiger partial charge in [0.25, 0.3) is 0 Å². The number of aliphatic hydroxyl groups is 1. The van der Waals surface area contributed by atoms with Crippen molar-refractivity contribution >= 4 is 26.9 Å². The molecule has 0 saturated heterocycles. The minimum Gasteiger partial charge on any atom is -0.444 e. The molecule has 0 aliphatic carbocycles. The fourth-order valence-electron chi connectivity index (χ4n) is 2.77. The van der Waals surface area contributed by atoms with Gasteiger partial charge in [-0.1, -0.05) is 6.07 Å². The molecule has 1 aromatic carbocycles. The largest absolute Gasteiger partial charge is 0.444 e. The van der Waals surface area contributed by atoms with Gasteiger partial charge in [0.15, 0.2) is 0 Å². The van der Waals surface area contributed by atoms with Crippen molar-refractivity contribution in [1.82, 2.24) is 14.6 Å². The Bertz CT molecular complexity index is 941. The summed E-state index contributed by atoms with van der Waals surface area (Å²) in [6.07, 6.45) is 3.10. The van der Waals surface area contributed by atoms with E-state index in [1.54, 1.807) is 58.3 Å². The van der Waals surface area contributed by atoms with Gasteiger partial charge >= 0.3 is 6.09 Å². The molecule has 2 N–H and O–H groups in total. The van der Waals surface area contributed by atoms with Crippen LogP contribution < -0.4 is 4.72 Å². The highest BCUT2D eigenvalue weighted by atomic mass is 32.2. The molecule has 0 unspecified atom stereocenters. The number of pyridine rings is 1. The first-order chi connectivity index (χ1) is 13.5. The number of nitrogens with zero attached hydrogens (tertiary/aromatic N) is 2. The van der Waals surface area contributed by atoms with E-state index < -0.39 is 27.8 Å². The van der Waals surface area contributed by atoms with Crippen molar-refractivity contribution in [3.05, 3.63) is 36.7 Å². The second-order valence-electron chi connectivity index (χ2n) is 7.91. The molecule has 8 nitrogen and oxygen atoms in total. The molecule has 1 aromatic heterocycles. The predicted octanol–water partition coefficient (Wildman–Crippen LogP) is 2.52. The number of ether oxygens (including phenoxy) is 1. The van der Waals surface area contributed by atoms with Crippen molar-refractivity contribution in [2.45, 2.75) is 50.7 Å². The third-order valence-electron chi connectivity index (χ3n) is 4.01. The van der Waals surface area contributed by atoms with Crippen LogP contribution in [0.3, 0.4) is 0 Å². The number of hydrogen-bond donors (Lipinski definition) is 2. The summed E-state index contributed by atoms with van der Waals surface area (Å²) in [5.41, 5.74) is -0.669. The van der Waals surface area contributed by atoms with Crippen molar-refractivity contribution < 1.29 is 23.1 Å². The van der Waals surface area contributed by atoms with E-state index >= 15 is 0 Å². The molecular formula is C20H29N3O5S. The van der Waals surface area contributed by atoms with Crippen LogP contribution in [0.1, 0.15) is 34.1 Å². The summed E-state index contributed by atoms with van der Waals surface area (Å²) >= 11 is 0. The lowest BCUT2D eigenvalue weighted by Gasteiger charge is -2.29. The summed E-state index contributed by atoms with van der Waals surface area (Å²) in [6.45, 7) is 7.26. The van der Waals surface area contributed by atoms with E-state index in [2.05, 4.69) is 9.71 Å². The van der Waals surface area contributed by atoms with Gasteiger partial charge in [-0.2, -0.15) is 0 Å². The molecule has 0 saturated carbocycles. The molecule has 160 valence electrons. The summed E-state index contributed by atoms with van der Waals surface area (Å²) in [7, 11) is -3.78. The first-order valence-corrected chi connectivity index (χ1v) is 10.9. The number of benzene rings is 1. The fraction of sp³-hybridized carbons (Fsp3) is 0.500. The van der Waals surface area contributed by atoms with Gasteiger partial charge in [0.1, 0.15) is 5.60 Å². The summed E-state index contributed by atoms with van der Waals surface area (Å²) in [4.78, 5) is 18.0. The van der Waals surface area contributed by atoms with Gasteiger partial charge in [-0.05, 0) is 57.7 Å². The Hall–Kier alpha value is -2.23. The average Bonchev–Trinajstić information content (AvgIpc) is 2.62. The monoisotopic (exact) mass is 423 g/mol. The zero-order valence-corrected chi connectivity index (χ0v) is 18.1. The molecule has 0 spiro atoms. The van der Waals surface area contributed by atoms with Crippen LogP contribution in [0.15, 0.2) is 41.6 Å². The standard InChI is InChI=1S/C20H29N3O5S/c1-15(14-23(10-5-11-24)19(25)28-20(2,3)4)22-29(26,27)18-7-6-17-13-21-9-8-16(17)12-18/h6-9,12-13,15,22,24H,5,10-11,14H2,1-4H3/t15-/m0/s1. The number of aliphatic hydroxyl groups excluding tert-OH is 1. The van der Waals surface area contributed by atoms with Crippen LogP contribution in [-0.2, 0) is 14.8 Å². The molecule has 0 fully saturated rings. The van der Waals surface area contributed by atoms with Crippen molar-refractivity contribution in [3.8, 4) is 0 Å². The van der Waals surface area contributed by atoms with Crippen LogP contribution in [0.2, 0.25) is 0 Å². The lowest BCUT2D eigenvalue weighted by molar-refractivity contribution is 0.0229. The number of aromatic nitrogens is 1. The molecule has 1 amide bonds. The van der Waals surface area contributed by atoms with Gasteiger partial charge in [0.2, 0.25) is 10.0 Å². The van der Waals surface area contributed by atoms with Gasteiger partial charge in [-0.3, -0.25) is 4.98 Å². The SMILES string of the molecule is C[C@@H](CN(CCCO)C(=O)OC(C)(C)C)NS(=O)(=O)c1ccc2cnccc2c1. The Balaban J connectivity index is 2.11. The molecule has 2 aromatic rings. The van der Waals surface area contributed by atoms with Crippen molar-refractivity contribution in [2.75, 3.05) is 19.7 Å². The second kappa shape index (κ2) is 9.51. The van der Waals surface area contributed by atoms with Gasteiger partial charge in [-0.25, -0.2) is 17.9 Å². The molecular weight excluding hydrogens is 394 g/mol. The van der Waals surface area contributed by atoms with Crippen LogP contribution in [-0.4, -0.2) is 60.8 Å². The molecule has 29 heavy (non-hydrogen) atoms. The first-order valence-electron chi connectivity index (χ1n) is 9.47. The second-order valence-corrected chi connectivity index (χ2v) is 9.62. The van der Waals surface area contributed by atoms with Crippen molar-refractivity contribution in [1.29, 1.82) is 0 Å². The number of sulfonamides is 1. The Morgan fingerprint density at radius 3 is 2.66 bits per heavy atom. The summed E-state index contributed by atoms with van der Waals surface area (Å²) in [5, 5.41) is 10.7. The Kier molecular flexibility index (Phi) is 7.56. The van der Waals surface area contributed by atoms with Crippen LogP contribution in [0.4, 0.5) is 4.79 Å². The first kappa shape index (κ1) is 23.1. The molecule has 0 radical (unpaired) electrons. The van der Waals surface area contributed by atoms with E-state index in [0.29, 0.717) is 6.42 Å². The lowest BCUT2D eigenvalue weighted by atomic mass is 10.2. The van der Waals surface area contributed by atoms with Crippen LogP contribution >= 0.6 is 0 Å². The maximum Gasteiger partial charge on any atom is 0.410 e.